The second kappa shape index (κ2) is 6.33. The van der Waals surface area contributed by atoms with Crippen LogP contribution in [0.5, 0.6) is 11.5 Å². The van der Waals surface area contributed by atoms with Gasteiger partial charge in [-0.15, -0.1) is 12.4 Å². The third-order valence-electron chi connectivity index (χ3n) is 3.70. The molecule has 0 spiro atoms. The first-order valence-corrected chi connectivity index (χ1v) is 6.64. The number of para-hydroxylation sites is 1. The number of nitrogens with one attached hydrogen (secondary N) is 1. The van der Waals surface area contributed by atoms with Crippen LogP contribution in [-0.4, -0.2) is 50.2 Å². The molecule has 0 radical (unpaired) electrons. The van der Waals surface area contributed by atoms with Crippen LogP contribution in [0.25, 0.3) is 0 Å². The van der Waals surface area contributed by atoms with Crippen molar-refractivity contribution in [1.82, 2.24) is 10.2 Å². The minimum atomic E-state index is -0.00366. The summed E-state index contributed by atoms with van der Waals surface area (Å²) in [5, 5.41) is 3.27. The summed E-state index contributed by atoms with van der Waals surface area (Å²) in [4.78, 5) is 14.4. The van der Waals surface area contributed by atoms with Crippen molar-refractivity contribution >= 4 is 18.3 Å². The van der Waals surface area contributed by atoms with E-state index in [1.54, 1.807) is 11.0 Å². The highest BCUT2D eigenvalue weighted by molar-refractivity contribution is 5.98. The fourth-order valence-corrected chi connectivity index (χ4v) is 2.57. The molecule has 0 unspecified atom stereocenters. The number of ether oxygens (including phenoxy) is 2. The number of likely N-dealkylation sites (N-methyl/N-ethyl adjacent to an activating group) is 1. The van der Waals surface area contributed by atoms with E-state index in [1.165, 1.54) is 0 Å². The highest BCUT2D eigenvalue weighted by Crippen LogP contribution is 2.34. The van der Waals surface area contributed by atoms with Crippen LogP contribution >= 0.6 is 12.4 Å². The number of carbonyl (C=O) groups excluding carboxylic acids is 1. The van der Waals surface area contributed by atoms with Crippen LogP contribution in [0.1, 0.15) is 16.8 Å². The van der Waals surface area contributed by atoms with Crippen molar-refractivity contribution in [2.75, 3.05) is 33.4 Å². The van der Waals surface area contributed by atoms with Crippen LogP contribution in [0.3, 0.4) is 0 Å². The Morgan fingerprint density at radius 1 is 1.35 bits per heavy atom. The van der Waals surface area contributed by atoms with Gasteiger partial charge in [0.1, 0.15) is 13.2 Å². The van der Waals surface area contributed by atoms with Gasteiger partial charge in [-0.3, -0.25) is 4.79 Å². The Morgan fingerprint density at radius 3 is 2.90 bits per heavy atom. The zero-order valence-electron chi connectivity index (χ0n) is 11.4. The van der Waals surface area contributed by atoms with Gasteiger partial charge in [0, 0.05) is 19.6 Å². The first-order chi connectivity index (χ1) is 9.27. The molecular formula is C14H19ClN2O3. The zero-order valence-corrected chi connectivity index (χ0v) is 12.2. The van der Waals surface area contributed by atoms with Crippen LogP contribution in [-0.2, 0) is 0 Å². The van der Waals surface area contributed by atoms with Gasteiger partial charge in [0.25, 0.3) is 5.91 Å². The van der Waals surface area contributed by atoms with Crippen molar-refractivity contribution in [3.63, 3.8) is 0 Å². The molecule has 1 aromatic carbocycles. The molecule has 3 rings (SSSR count). The SMILES string of the molecule is CN(C(=O)c1cccc2c1OCCO2)[C@@H]1CCNC1.Cl. The molecule has 1 fully saturated rings. The van der Waals surface area contributed by atoms with Crippen LogP contribution < -0.4 is 14.8 Å². The summed E-state index contributed by atoms with van der Waals surface area (Å²) in [6.45, 7) is 2.85. The topological polar surface area (TPSA) is 50.8 Å². The predicted molar refractivity (Wildman–Crippen MR) is 78.0 cm³/mol. The fourth-order valence-electron chi connectivity index (χ4n) is 2.57. The number of fused-ring (bicyclic) bond motifs is 1. The van der Waals surface area contributed by atoms with Crippen molar-refractivity contribution in [2.45, 2.75) is 12.5 Å². The molecule has 2 aliphatic heterocycles. The van der Waals surface area contributed by atoms with Crippen molar-refractivity contribution in [3.05, 3.63) is 23.8 Å². The van der Waals surface area contributed by atoms with E-state index in [4.69, 9.17) is 9.47 Å². The molecule has 2 aliphatic rings. The maximum Gasteiger partial charge on any atom is 0.257 e. The second-order valence-corrected chi connectivity index (χ2v) is 4.89. The van der Waals surface area contributed by atoms with Crippen LogP contribution in [0, 0.1) is 0 Å². The number of carbonyl (C=O) groups is 1. The molecule has 0 aromatic heterocycles. The lowest BCUT2D eigenvalue weighted by Gasteiger charge is -2.26. The van der Waals surface area contributed by atoms with Crippen molar-refractivity contribution < 1.29 is 14.3 Å². The average molecular weight is 299 g/mol. The summed E-state index contributed by atoms with van der Waals surface area (Å²) >= 11 is 0. The Labute approximate surface area is 124 Å². The number of amides is 1. The standard InChI is InChI=1S/C14H18N2O3.ClH/c1-16(10-5-6-15-9-10)14(17)11-3-2-4-12-13(11)19-8-7-18-12;/h2-4,10,15H,5-9H2,1H3;1H/t10-;/m1./s1. The smallest absolute Gasteiger partial charge is 0.257 e. The van der Waals surface area contributed by atoms with Gasteiger partial charge in [0.2, 0.25) is 0 Å². The summed E-state index contributed by atoms with van der Waals surface area (Å²) in [5.74, 6) is 1.24. The van der Waals surface area contributed by atoms with E-state index in [2.05, 4.69) is 5.32 Å². The zero-order chi connectivity index (χ0) is 13.2. The highest BCUT2D eigenvalue weighted by Gasteiger charge is 2.27. The Kier molecular flexibility index (Phi) is 4.73. The number of rotatable bonds is 2. The minimum Gasteiger partial charge on any atom is -0.486 e. The van der Waals surface area contributed by atoms with Crippen LogP contribution in [0.2, 0.25) is 0 Å². The Hall–Kier alpha value is -1.46. The van der Waals surface area contributed by atoms with E-state index < -0.39 is 0 Å². The summed E-state index contributed by atoms with van der Waals surface area (Å²) in [6, 6.07) is 5.73. The van der Waals surface area contributed by atoms with E-state index in [0.717, 1.165) is 19.5 Å². The Morgan fingerprint density at radius 2 is 2.15 bits per heavy atom. The summed E-state index contributed by atoms with van der Waals surface area (Å²) in [7, 11) is 1.85. The lowest BCUT2D eigenvalue weighted by molar-refractivity contribution is 0.0733. The van der Waals surface area contributed by atoms with Gasteiger partial charge in [-0.1, -0.05) is 6.07 Å². The number of hydrogen-bond donors (Lipinski definition) is 1. The van der Waals surface area contributed by atoms with Crippen LogP contribution in [0.4, 0.5) is 0 Å². The molecular weight excluding hydrogens is 280 g/mol. The molecule has 0 saturated carbocycles. The molecule has 1 amide bonds. The van der Waals surface area contributed by atoms with Gasteiger partial charge in [-0.05, 0) is 25.1 Å². The lowest BCUT2D eigenvalue weighted by Crippen LogP contribution is -2.38. The number of halogens is 1. The number of hydrogen-bond acceptors (Lipinski definition) is 4. The van der Waals surface area contributed by atoms with E-state index in [0.29, 0.717) is 30.3 Å². The van der Waals surface area contributed by atoms with E-state index in [9.17, 15) is 4.79 Å². The molecule has 1 N–H and O–H groups in total. The maximum absolute atomic E-state index is 12.6. The van der Waals surface area contributed by atoms with E-state index >= 15 is 0 Å². The van der Waals surface area contributed by atoms with Crippen molar-refractivity contribution in [1.29, 1.82) is 0 Å². The largest absolute Gasteiger partial charge is 0.486 e. The van der Waals surface area contributed by atoms with Gasteiger partial charge in [0.15, 0.2) is 11.5 Å². The van der Waals surface area contributed by atoms with Gasteiger partial charge in [-0.25, -0.2) is 0 Å². The molecule has 1 saturated heterocycles. The molecule has 0 aliphatic carbocycles. The first kappa shape index (κ1) is 14.9. The van der Waals surface area contributed by atoms with Gasteiger partial charge in [0.05, 0.1) is 5.56 Å². The minimum absolute atomic E-state index is 0. The third-order valence-corrected chi connectivity index (χ3v) is 3.70. The van der Waals surface area contributed by atoms with E-state index in [1.807, 2.05) is 19.2 Å². The van der Waals surface area contributed by atoms with Gasteiger partial charge >= 0.3 is 0 Å². The third kappa shape index (κ3) is 2.69. The Balaban J connectivity index is 0.00000147. The van der Waals surface area contributed by atoms with E-state index in [-0.39, 0.29) is 24.4 Å². The predicted octanol–water partition coefficient (Wildman–Crippen LogP) is 1.31. The maximum atomic E-state index is 12.6. The van der Waals surface area contributed by atoms with Gasteiger partial charge in [-0.2, -0.15) is 0 Å². The van der Waals surface area contributed by atoms with Crippen molar-refractivity contribution in [2.24, 2.45) is 0 Å². The summed E-state index contributed by atoms with van der Waals surface area (Å²) in [5.41, 5.74) is 0.589. The van der Waals surface area contributed by atoms with Gasteiger partial charge < -0.3 is 19.7 Å². The second-order valence-electron chi connectivity index (χ2n) is 4.89. The van der Waals surface area contributed by atoms with Crippen LogP contribution in [0.15, 0.2) is 18.2 Å². The molecule has 110 valence electrons. The molecule has 6 heteroatoms. The quantitative estimate of drug-likeness (QED) is 0.894. The normalized spacial score (nSPS) is 20.1. The lowest BCUT2D eigenvalue weighted by atomic mass is 10.1. The van der Waals surface area contributed by atoms with Crippen molar-refractivity contribution in [3.8, 4) is 11.5 Å². The summed E-state index contributed by atoms with van der Waals surface area (Å²) < 4.78 is 11.1. The molecule has 20 heavy (non-hydrogen) atoms. The number of benzene rings is 1. The highest BCUT2D eigenvalue weighted by atomic mass is 35.5. The monoisotopic (exact) mass is 298 g/mol. The molecule has 5 nitrogen and oxygen atoms in total. The fraction of sp³-hybridized carbons (Fsp3) is 0.500. The summed E-state index contributed by atoms with van der Waals surface area (Å²) in [6.07, 6.45) is 0.995. The molecule has 1 aromatic rings. The molecule has 2 heterocycles. The Bertz CT molecular complexity index is 489. The average Bonchev–Trinajstić information content (AvgIpc) is 2.99. The first-order valence-electron chi connectivity index (χ1n) is 6.64. The number of nitrogens with zero attached hydrogens (tertiary/aromatic N) is 1. The molecule has 0 bridgehead atoms. The molecule has 1 atom stereocenters.